The molecule has 3 saturated heterocycles. The number of aromatic nitrogens is 1. The van der Waals surface area contributed by atoms with Crippen molar-refractivity contribution < 1.29 is 10.2 Å². The first-order valence-electron chi connectivity index (χ1n) is 8.52. The molecule has 1 unspecified atom stereocenters. The standard InChI is InChI=1S/C19H22N2O2/c1-2-11-9-21-17-7-13-12-5-3-4-6-16(12)20-18(13)19(21,23)8-14(11)15(17)10-22/h2-6,14-15,17,20,22-23H,7-10H2,1H3/b11-2-/t14-,15-,17-,19+/m0/s1. The van der Waals surface area contributed by atoms with Crippen molar-refractivity contribution in [3.8, 4) is 0 Å². The van der Waals surface area contributed by atoms with E-state index in [1.54, 1.807) is 0 Å². The summed E-state index contributed by atoms with van der Waals surface area (Å²) in [7, 11) is 0. The first-order chi connectivity index (χ1) is 11.2. The fraction of sp³-hybridized carbons (Fsp3) is 0.474. The Kier molecular flexibility index (Phi) is 2.68. The SMILES string of the molecule is C/C=C1/CN2[C@H]3Cc4c([nH]c5ccccc45)[C@]2(O)C[C@@H]1[C@@H]3CO. The lowest BCUT2D eigenvalue weighted by molar-refractivity contribution is -0.221. The van der Waals surface area contributed by atoms with E-state index < -0.39 is 5.72 Å². The molecule has 5 heterocycles. The van der Waals surface area contributed by atoms with Gasteiger partial charge in [-0.2, -0.15) is 0 Å². The Bertz CT molecular complexity index is 824. The van der Waals surface area contributed by atoms with Crippen molar-refractivity contribution in [2.24, 2.45) is 11.8 Å². The zero-order chi connectivity index (χ0) is 15.8. The minimum Gasteiger partial charge on any atom is -0.396 e. The number of para-hydroxylation sites is 1. The smallest absolute Gasteiger partial charge is 0.160 e. The zero-order valence-electron chi connectivity index (χ0n) is 13.3. The number of hydrogen-bond acceptors (Lipinski definition) is 3. The number of aromatic amines is 1. The van der Waals surface area contributed by atoms with Crippen molar-refractivity contribution in [1.29, 1.82) is 0 Å². The zero-order valence-corrected chi connectivity index (χ0v) is 13.3. The molecule has 0 amide bonds. The highest BCUT2D eigenvalue weighted by molar-refractivity contribution is 5.85. The predicted octanol–water partition coefficient (Wildman–Crippen LogP) is 2.13. The minimum atomic E-state index is -0.917. The quantitative estimate of drug-likeness (QED) is 0.707. The van der Waals surface area contributed by atoms with Gasteiger partial charge in [-0.3, -0.25) is 4.90 Å². The van der Waals surface area contributed by atoms with Crippen molar-refractivity contribution in [2.45, 2.75) is 31.5 Å². The monoisotopic (exact) mass is 310 g/mol. The summed E-state index contributed by atoms with van der Waals surface area (Å²) in [5, 5.41) is 22.8. The van der Waals surface area contributed by atoms with Crippen LogP contribution in [0.5, 0.6) is 0 Å². The van der Waals surface area contributed by atoms with E-state index >= 15 is 0 Å². The molecule has 4 nitrogen and oxygen atoms in total. The van der Waals surface area contributed by atoms with E-state index in [1.165, 1.54) is 16.5 Å². The molecule has 0 spiro atoms. The molecule has 5 atom stereocenters. The number of H-pyrrole nitrogens is 1. The second-order valence-electron chi connectivity index (χ2n) is 7.26. The highest BCUT2D eigenvalue weighted by atomic mass is 16.3. The van der Waals surface area contributed by atoms with Gasteiger partial charge in [-0.15, -0.1) is 0 Å². The lowest BCUT2D eigenvalue weighted by atomic mass is 9.63. The van der Waals surface area contributed by atoms with Crippen LogP contribution in [0.4, 0.5) is 0 Å². The summed E-state index contributed by atoms with van der Waals surface area (Å²) in [4.78, 5) is 5.71. The van der Waals surface area contributed by atoms with Gasteiger partial charge in [-0.1, -0.05) is 29.8 Å². The average Bonchev–Trinajstić information content (AvgIpc) is 2.94. The van der Waals surface area contributed by atoms with Gasteiger partial charge in [0.1, 0.15) is 0 Å². The Hall–Kier alpha value is -1.62. The van der Waals surface area contributed by atoms with E-state index in [0.29, 0.717) is 6.42 Å². The predicted molar refractivity (Wildman–Crippen MR) is 88.8 cm³/mol. The molecule has 3 fully saturated rings. The summed E-state index contributed by atoms with van der Waals surface area (Å²) in [5.74, 6) is 0.501. The van der Waals surface area contributed by atoms with Crippen LogP contribution < -0.4 is 0 Å². The normalized spacial score (nSPS) is 39.9. The number of nitrogens with one attached hydrogen (secondary N) is 1. The fourth-order valence-corrected chi connectivity index (χ4v) is 5.34. The van der Waals surface area contributed by atoms with Crippen molar-refractivity contribution in [3.63, 3.8) is 0 Å². The maximum atomic E-state index is 11.6. The summed E-state index contributed by atoms with van der Waals surface area (Å²) in [6.07, 6.45) is 3.75. The largest absolute Gasteiger partial charge is 0.396 e. The van der Waals surface area contributed by atoms with E-state index in [4.69, 9.17) is 0 Å². The number of rotatable bonds is 1. The van der Waals surface area contributed by atoms with Gasteiger partial charge in [0.05, 0.1) is 5.69 Å². The minimum absolute atomic E-state index is 0.191. The molecule has 4 aliphatic rings. The number of aliphatic hydroxyl groups excluding tert-OH is 1. The van der Waals surface area contributed by atoms with Crippen LogP contribution in [0.3, 0.4) is 0 Å². The van der Waals surface area contributed by atoms with E-state index in [1.807, 2.05) is 6.07 Å². The van der Waals surface area contributed by atoms with Crippen LogP contribution in [0.1, 0.15) is 24.6 Å². The van der Waals surface area contributed by atoms with Crippen LogP contribution in [-0.2, 0) is 12.1 Å². The molecule has 3 N–H and O–H groups in total. The van der Waals surface area contributed by atoms with Crippen molar-refractivity contribution >= 4 is 10.9 Å². The van der Waals surface area contributed by atoms with Crippen LogP contribution in [0.2, 0.25) is 0 Å². The number of benzene rings is 1. The summed E-state index contributed by atoms with van der Waals surface area (Å²) >= 11 is 0. The van der Waals surface area contributed by atoms with E-state index in [-0.39, 0.29) is 24.5 Å². The number of fused-ring (bicyclic) bond motifs is 4. The fourth-order valence-electron chi connectivity index (χ4n) is 5.34. The number of allylic oxidation sites excluding steroid dienone is 1. The average molecular weight is 310 g/mol. The maximum Gasteiger partial charge on any atom is 0.160 e. The second kappa shape index (κ2) is 4.47. The Morgan fingerprint density at radius 1 is 1.39 bits per heavy atom. The van der Waals surface area contributed by atoms with Gasteiger partial charge >= 0.3 is 0 Å². The van der Waals surface area contributed by atoms with E-state index in [2.05, 4.69) is 41.1 Å². The second-order valence-corrected chi connectivity index (χ2v) is 7.26. The molecule has 4 aliphatic heterocycles. The van der Waals surface area contributed by atoms with Gasteiger partial charge in [0.15, 0.2) is 5.72 Å². The Morgan fingerprint density at radius 3 is 3.00 bits per heavy atom. The molecule has 0 radical (unpaired) electrons. The maximum absolute atomic E-state index is 11.6. The molecule has 4 bridgehead atoms. The molecule has 4 heteroatoms. The molecular formula is C19H22N2O2. The van der Waals surface area contributed by atoms with Gasteiger partial charge in [-0.25, -0.2) is 0 Å². The summed E-state index contributed by atoms with van der Waals surface area (Å²) in [6, 6.07) is 8.52. The number of nitrogens with zero attached hydrogens (tertiary/aromatic N) is 1. The third-order valence-electron chi connectivity index (χ3n) is 6.43. The molecule has 0 saturated carbocycles. The topological polar surface area (TPSA) is 59.5 Å². The van der Waals surface area contributed by atoms with E-state index in [9.17, 15) is 10.2 Å². The molecule has 1 aromatic heterocycles. The highest BCUT2D eigenvalue weighted by Gasteiger charge is 2.59. The lowest BCUT2D eigenvalue weighted by Gasteiger charge is -2.61. The van der Waals surface area contributed by atoms with Crippen LogP contribution in [0.25, 0.3) is 10.9 Å². The molecule has 6 rings (SSSR count). The van der Waals surface area contributed by atoms with Crippen LogP contribution >= 0.6 is 0 Å². The van der Waals surface area contributed by atoms with Crippen molar-refractivity contribution in [2.75, 3.05) is 13.2 Å². The third-order valence-corrected chi connectivity index (χ3v) is 6.43. The number of aliphatic hydroxyl groups is 2. The van der Waals surface area contributed by atoms with Gasteiger partial charge in [-0.05, 0) is 30.9 Å². The Morgan fingerprint density at radius 2 is 2.22 bits per heavy atom. The molecular weight excluding hydrogens is 288 g/mol. The van der Waals surface area contributed by atoms with Crippen molar-refractivity contribution in [3.05, 3.63) is 47.2 Å². The van der Waals surface area contributed by atoms with Crippen LogP contribution in [0, 0.1) is 11.8 Å². The highest BCUT2D eigenvalue weighted by Crippen LogP contribution is 2.55. The van der Waals surface area contributed by atoms with Gasteiger partial charge in [0, 0.05) is 42.4 Å². The number of hydrogen-bond donors (Lipinski definition) is 3. The van der Waals surface area contributed by atoms with Gasteiger partial charge in [0.2, 0.25) is 0 Å². The molecule has 1 aromatic carbocycles. The molecule has 23 heavy (non-hydrogen) atoms. The van der Waals surface area contributed by atoms with E-state index in [0.717, 1.165) is 24.2 Å². The lowest BCUT2D eigenvalue weighted by Crippen LogP contribution is -2.69. The third kappa shape index (κ3) is 1.56. The van der Waals surface area contributed by atoms with Crippen LogP contribution in [0.15, 0.2) is 35.9 Å². The first kappa shape index (κ1) is 13.8. The first-order valence-corrected chi connectivity index (χ1v) is 8.52. The Balaban J connectivity index is 1.74. The number of piperidine rings is 3. The molecule has 2 aromatic rings. The van der Waals surface area contributed by atoms with Gasteiger partial charge in [0.25, 0.3) is 0 Å². The molecule has 0 aliphatic carbocycles. The van der Waals surface area contributed by atoms with Crippen molar-refractivity contribution in [1.82, 2.24) is 9.88 Å². The summed E-state index contributed by atoms with van der Waals surface area (Å²) in [5.41, 5.74) is 3.77. The Labute approximate surface area is 135 Å². The summed E-state index contributed by atoms with van der Waals surface area (Å²) in [6.45, 7) is 3.07. The van der Waals surface area contributed by atoms with Gasteiger partial charge < -0.3 is 15.2 Å². The summed E-state index contributed by atoms with van der Waals surface area (Å²) < 4.78 is 0. The van der Waals surface area contributed by atoms with Crippen LogP contribution in [-0.4, -0.2) is 39.3 Å². The molecule has 120 valence electrons.